The Morgan fingerprint density at radius 2 is 1.88 bits per heavy atom. The van der Waals surface area contributed by atoms with Crippen molar-refractivity contribution in [3.8, 4) is 6.07 Å². The van der Waals surface area contributed by atoms with E-state index in [4.69, 9.17) is 10.00 Å². The van der Waals surface area contributed by atoms with Crippen LogP contribution in [0.1, 0.15) is 39.0 Å². The summed E-state index contributed by atoms with van der Waals surface area (Å²) in [4.78, 5) is 49.3. The zero-order valence-electron chi connectivity index (χ0n) is 13.6. The number of esters is 1. The van der Waals surface area contributed by atoms with Gasteiger partial charge in [0, 0.05) is 6.54 Å². The molecule has 2 fully saturated rings. The van der Waals surface area contributed by atoms with E-state index in [9.17, 15) is 19.2 Å². The van der Waals surface area contributed by atoms with E-state index in [0.717, 1.165) is 17.7 Å². The molecule has 0 radical (unpaired) electrons. The number of fused-ring (bicyclic) bond motifs is 1. The Labute approximate surface area is 140 Å². The number of nitrogens with zero attached hydrogens (tertiary/aromatic N) is 2. The van der Waals surface area contributed by atoms with E-state index in [-0.39, 0.29) is 36.6 Å². The molecule has 130 valence electrons. The lowest BCUT2D eigenvalue weighted by molar-refractivity contribution is -0.159. The van der Waals surface area contributed by atoms with Gasteiger partial charge >= 0.3 is 5.97 Å². The predicted octanol–water partition coefficient (Wildman–Crippen LogP) is 0.123. The molecule has 0 aromatic carbocycles. The highest BCUT2D eigenvalue weighted by Crippen LogP contribution is 2.38. The van der Waals surface area contributed by atoms with Crippen molar-refractivity contribution >= 4 is 23.7 Å². The predicted molar refractivity (Wildman–Crippen MR) is 81.0 cm³/mol. The van der Waals surface area contributed by atoms with Crippen LogP contribution in [-0.2, 0) is 23.9 Å². The van der Waals surface area contributed by atoms with Gasteiger partial charge in [-0.1, -0.05) is 12.8 Å². The number of nitrogens with one attached hydrogen (secondary N) is 1. The Morgan fingerprint density at radius 1 is 1.29 bits per heavy atom. The van der Waals surface area contributed by atoms with Crippen molar-refractivity contribution in [2.75, 3.05) is 13.2 Å². The minimum atomic E-state index is -1.04. The molecule has 1 saturated heterocycles. The average molecular weight is 335 g/mol. The molecule has 1 heterocycles. The van der Waals surface area contributed by atoms with Crippen LogP contribution < -0.4 is 5.32 Å². The third kappa shape index (κ3) is 3.72. The van der Waals surface area contributed by atoms with Gasteiger partial charge in [0.2, 0.25) is 11.8 Å². The SMILES string of the molecule is C[C@@H](C(=O)OCC(=O)NCCC#N)N1C(=O)[C@@H]2CCCC[C@H]2C1=O. The van der Waals surface area contributed by atoms with Gasteiger partial charge in [0.25, 0.3) is 5.91 Å². The monoisotopic (exact) mass is 335 g/mol. The fourth-order valence-electron chi connectivity index (χ4n) is 3.24. The quantitative estimate of drug-likeness (QED) is 0.419. The zero-order chi connectivity index (χ0) is 17.7. The van der Waals surface area contributed by atoms with Crippen molar-refractivity contribution in [1.82, 2.24) is 10.2 Å². The number of rotatable bonds is 6. The van der Waals surface area contributed by atoms with Crippen LogP contribution in [0.3, 0.4) is 0 Å². The molecular formula is C16H21N3O5. The molecular weight excluding hydrogens is 314 g/mol. The number of imide groups is 1. The lowest BCUT2D eigenvalue weighted by Crippen LogP contribution is -2.45. The number of ether oxygens (including phenoxy) is 1. The van der Waals surface area contributed by atoms with E-state index in [1.165, 1.54) is 6.92 Å². The summed E-state index contributed by atoms with van der Waals surface area (Å²) >= 11 is 0. The van der Waals surface area contributed by atoms with Gasteiger partial charge in [0.15, 0.2) is 6.61 Å². The normalized spacial score (nSPS) is 24.1. The number of likely N-dealkylation sites (tertiary alicyclic amines) is 1. The van der Waals surface area contributed by atoms with Gasteiger partial charge in [0.05, 0.1) is 24.3 Å². The van der Waals surface area contributed by atoms with Crippen LogP contribution in [0.15, 0.2) is 0 Å². The highest BCUT2D eigenvalue weighted by Gasteiger charge is 2.51. The van der Waals surface area contributed by atoms with E-state index < -0.39 is 24.5 Å². The lowest BCUT2D eigenvalue weighted by atomic mass is 9.81. The molecule has 3 amide bonds. The first-order valence-corrected chi connectivity index (χ1v) is 8.14. The molecule has 8 heteroatoms. The van der Waals surface area contributed by atoms with Crippen LogP contribution in [-0.4, -0.2) is 47.8 Å². The smallest absolute Gasteiger partial charge is 0.329 e. The summed E-state index contributed by atoms with van der Waals surface area (Å²) < 4.78 is 4.88. The lowest BCUT2D eigenvalue weighted by Gasteiger charge is -2.21. The molecule has 1 aliphatic carbocycles. The fourth-order valence-corrected chi connectivity index (χ4v) is 3.24. The minimum Gasteiger partial charge on any atom is -0.454 e. The number of amides is 3. The van der Waals surface area contributed by atoms with E-state index in [1.807, 2.05) is 6.07 Å². The van der Waals surface area contributed by atoms with Gasteiger partial charge < -0.3 is 10.1 Å². The first-order valence-electron chi connectivity index (χ1n) is 8.14. The fraction of sp³-hybridized carbons (Fsp3) is 0.688. The second kappa shape index (κ2) is 7.90. The molecule has 1 aliphatic heterocycles. The van der Waals surface area contributed by atoms with Gasteiger partial charge in [-0.15, -0.1) is 0 Å². The first-order chi connectivity index (χ1) is 11.5. The molecule has 1 saturated carbocycles. The second-order valence-corrected chi connectivity index (χ2v) is 6.09. The standard InChI is InChI=1S/C16H21N3O5/c1-10(16(23)24-9-13(20)18-8-4-7-17)19-14(21)11-5-2-3-6-12(11)15(19)22/h10-12H,2-6,8-9H2,1H3,(H,18,20)/t10-,11+,12+/m0/s1. The Balaban J connectivity index is 1.88. The maximum atomic E-state index is 12.4. The number of nitriles is 1. The van der Waals surface area contributed by atoms with Crippen LogP contribution in [0, 0.1) is 23.2 Å². The van der Waals surface area contributed by atoms with E-state index in [0.29, 0.717) is 12.8 Å². The molecule has 0 aromatic rings. The van der Waals surface area contributed by atoms with Crippen LogP contribution in [0.2, 0.25) is 0 Å². The molecule has 0 spiro atoms. The number of hydrogen-bond acceptors (Lipinski definition) is 6. The Bertz CT molecular complexity index is 559. The third-order valence-electron chi connectivity index (χ3n) is 4.51. The topological polar surface area (TPSA) is 117 Å². The van der Waals surface area contributed by atoms with Crippen molar-refractivity contribution < 1.29 is 23.9 Å². The Morgan fingerprint density at radius 3 is 2.42 bits per heavy atom. The maximum absolute atomic E-state index is 12.4. The number of carbonyl (C=O) groups excluding carboxylic acids is 4. The molecule has 0 bridgehead atoms. The molecule has 0 aromatic heterocycles. The first kappa shape index (κ1) is 17.9. The van der Waals surface area contributed by atoms with E-state index >= 15 is 0 Å². The average Bonchev–Trinajstić information content (AvgIpc) is 2.84. The van der Waals surface area contributed by atoms with Gasteiger partial charge in [0.1, 0.15) is 6.04 Å². The van der Waals surface area contributed by atoms with Crippen LogP contribution in [0.5, 0.6) is 0 Å². The highest BCUT2D eigenvalue weighted by molar-refractivity contribution is 6.07. The van der Waals surface area contributed by atoms with Gasteiger partial charge in [-0.05, 0) is 19.8 Å². The van der Waals surface area contributed by atoms with Crippen molar-refractivity contribution in [3.63, 3.8) is 0 Å². The Hall–Kier alpha value is -2.43. The van der Waals surface area contributed by atoms with Crippen LogP contribution >= 0.6 is 0 Å². The summed E-state index contributed by atoms with van der Waals surface area (Å²) in [5.41, 5.74) is 0. The summed E-state index contributed by atoms with van der Waals surface area (Å²) in [5, 5.41) is 10.8. The third-order valence-corrected chi connectivity index (χ3v) is 4.51. The van der Waals surface area contributed by atoms with Crippen LogP contribution in [0.25, 0.3) is 0 Å². The van der Waals surface area contributed by atoms with Crippen molar-refractivity contribution in [2.24, 2.45) is 11.8 Å². The summed E-state index contributed by atoms with van der Waals surface area (Å²) in [6.07, 6.45) is 3.34. The van der Waals surface area contributed by atoms with Crippen molar-refractivity contribution in [3.05, 3.63) is 0 Å². The van der Waals surface area contributed by atoms with Crippen molar-refractivity contribution in [2.45, 2.75) is 45.1 Å². The summed E-state index contributed by atoms with van der Waals surface area (Å²) in [5.74, 6) is -2.59. The molecule has 3 atom stereocenters. The van der Waals surface area contributed by atoms with Crippen LogP contribution in [0.4, 0.5) is 0 Å². The molecule has 2 rings (SSSR count). The molecule has 2 aliphatic rings. The van der Waals surface area contributed by atoms with E-state index in [1.54, 1.807) is 0 Å². The molecule has 0 unspecified atom stereocenters. The van der Waals surface area contributed by atoms with Crippen molar-refractivity contribution in [1.29, 1.82) is 5.26 Å². The molecule has 1 N–H and O–H groups in total. The second-order valence-electron chi connectivity index (χ2n) is 6.09. The largest absolute Gasteiger partial charge is 0.454 e. The van der Waals surface area contributed by atoms with Gasteiger partial charge in [-0.3, -0.25) is 19.3 Å². The summed E-state index contributed by atoms with van der Waals surface area (Å²) in [6.45, 7) is 1.11. The van der Waals surface area contributed by atoms with Gasteiger partial charge in [-0.25, -0.2) is 4.79 Å². The summed E-state index contributed by atoms with van der Waals surface area (Å²) in [6, 6.07) is 0.834. The number of carbonyl (C=O) groups is 4. The minimum absolute atomic E-state index is 0.162. The Kier molecular flexibility index (Phi) is 5.90. The molecule has 24 heavy (non-hydrogen) atoms. The highest BCUT2D eigenvalue weighted by atomic mass is 16.5. The van der Waals surface area contributed by atoms with E-state index in [2.05, 4.69) is 5.32 Å². The number of hydrogen-bond donors (Lipinski definition) is 1. The maximum Gasteiger partial charge on any atom is 0.329 e. The molecule has 8 nitrogen and oxygen atoms in total. The van der Waals surface area contributed by atoms with Gasteiger partial charge in [-0.2, -0.15) is 5.26 Å². The summed E-state index contributed by atoms with van der Waals surface area (Å²) in [7, 11) is 0. The zero-order valence-corrected chi connectivity index (χ0v) is 13.6.